The third kappa shape index (κ3) is 5.28. The molecule has 0 aliphatic carbocycles. The van der Waals surface area contributed by atoms with Gasteiger partial charge in [-0.1, -0.05) is 29.8 Å². The summed E-state index contributed by atoms with van der Waals surface area (Å²) in [5.74, 6) is -2.71. The van der Waals surface area contributed by atoms with Crippen LogP contribution in [0.15, 0.2) is 84.6 Å². The molecule has 0 atom stereocenters. The highest BCUT2D eigenvalue weighted by Gasteiger charge is 2.34. The Hall–Kier alpha value is -4.80. The molecule has 1 fully saturated rings. The molecule has 2 heterocycles. The van der Waals surface area contributed by atoms with E-state index in [4.69, 9.17) is 28.9 Å². The molecule has 1 aliphatic rings. The van der Waals surface area contributed by atoms with Gasteiger partial charge in [0.05, 0.1) is 11.3 Å². The molecule has 0 unspecified atom stereocenters. The number of aromatic nitrogens is 1. The molecule has 4 aromatic rings. The summed E-state index contributed by atoms with van der Waals surface area (Å²) in [5, 5.41) is 15.7. The third-order valence-electron chi connectivity index (χ3n) is 6.04. The number of hydrogen-bond acceptors (Lipinski definition) is 5. The van der Waals surface area contributed by atoms with Gasteiger partial charge >= 0.3 is 5.97 Å². The second-order valence-electron chi connectivity index (χ2n) is 8.59. The minimum Gasteiger partial charge on any atom is -0.478 e. The molecule has 5 rings (SSSR count). The molecule has 9 nitrogen and oxygen atoms in total. The van der Waals surface area contributed by atoms with E-state index < -0.39 is 17.8 Å². The number of carboxylic acid groups (broad SMARTS) is 1. The second-order valence-corrected chi connectivity index (χ2v) is 9.42. The molecule has 1 aliphatic heterocycles. The lowest BCUT2D eigenvalue weighted by Crippen LogP contribution is -2.54. The molecule has 3 N–H and O–H groups in total. The molecule has 0 saturated carbocycles. The van der Waals surface area contributed by atoms with E-state index >= 15 is 0 Å². The molecule has 3 amide bonds. The van der Waals surface area contributed by atoms with E-state index in [1.807, 2.05) is 24.3 Å². The second kappa shape index (κ2) is 10.5. The van der Waals surface area contributed by atoms with E-state index in [0.717, 1.165) is 15.8 Å². The fourth-order valence-corrected chi connectivity index (χ4v) is 4.62. The van der Waals surface area contributed by atoms with Crippen molar-refractivity contribution < 1.29 is 24.3 Å². The van der Waals surface area contributed by atoms with Crippen molar-refractivity contribution >= 4 is 81.0 Å². The van der Waals surface area contributed by atoms with Crippen LogP contribution in [0.25, 0.3) is 17.0 Å². The standard InChI is InChI=1S/C28H19ClN4O5S/c29-18-7-9-19(10-8-18)30-24(34)15-32-14-17(21-3-1-2-4-23(21)32)13-22-25(35)31-28(39)33(26(22)36)20-11-5-16(6-12-20)27(37)38/h1-14H,15H2,(H,30,34)(H,37,38)(H,31,35,39). The Morgan fingerprint density at radius 3 is 2.38 bits per heavy atom. The lowest BCUT2D eigenvalue weighted by Gasteiger charge is -2.28. The summed E-state index contributed by atoms with van der Waals surface area (Å²) in [5.41, 5.74) is 2.07. The number of rotatable bonds is 6. The number of carbonyl (C=O) groups is 4. The monoisotopic (exact) mass is 558 g/mol. The predicted molar refractivity (Wildman–Crippen MR) is 152 cm³/mol. The topological polar surface area (TPSA) is 121 Å². The van der Waals surface area contributed by atoms with Crippen LogP contribution in [0.5, 0.6) is 0 Å². The van der Waals surface area contributed by atoms with Crippen molar-refractivity contribution in [1.29, 1.82) is 0 Å². The Labute approximate surface area is 232 Å². The molecule has 1 aromatic heterocycles. The zero-order valence-electron chi connectivity index (χ0n) is 20.1. The predicted octanol–water partition coefficient (Wildman–Crippen LogP) is 4.46. The summed E-state index contributed by atoms with van der Waals surface area (Å²) in [6.45, 7) is -0.0153. The van der Waals surface area contributed by atoms with Crippen molar-refractivity contribution in [3.8, 4) is 0 Å². The van der Waals surface area contributed by atoms with Crippen molar-refractivity contribution in [1.82, 2.24) is 9.88 Å². The van der Waals surface area contributed by atoms with Gasteiger partial charge in [0.2, 0.25) is 5.91 Å². The van der Waals surface area contributed by atoms with Crippen molar-refractivity contribution in [2.75, 3.05) is 10.2 Å². The normalized spacial score (nSPS) is 14.5. The Morgan fingerprint density at radius 2 is 1.69 bits per heavy atom. The summed E-state index contributed by atoms with van der Waals surface area (Å²) in [7, 11) is 0. The van der Waals surface area contributed by atoms with Gasteiger partial charge in [0.15, 0.2) is 5.11 Å². The zero-order valence-corrected chi connectivity index (χ0v) is 21.6. The zero-order chi connectivity index (χ0) is 27.7. The number of benzene rings is 3. The first-order valence-corrected chi connectivity index (χ1v) is 12.4. The van der Waals surface area contributed by atoms with Crippen LogP contribution in [0.1, 0.15) is 15.9 Å². The lowest BCUT2D eigenvalue weighted by molar-refractivity contribution is -0.122. The van der Waals surface area contributed by atoms with Gasteiger partial charge in [-0.3, -0.25) is 24.6 Å². The maximum atomic E-state index is 13.4. The van der Waals surface area contributed by atoms with Gasteiger partial charge in [-0.2, -0.15) is 0 Å². The van der Waals surface area contributed by atoms with E-state index in [2.05, 4.69) is 10.6 Å². The van der Waals surface area contributed by atoms with Gasteiger partial charge in [-0.05, 0) is 72.9 Å². The van der Waals surface area contributed by atoms with Crippen LogP contribution in [0.2, 0.25) is 5.02 Å². The summed E-state index contributed by atoms with van der Waals surface area (Å²) in [6, 6.07) is 19.6. The highest BCUT2D eigenvalue weighted by molar-refractivity contribution is 7.80. The number of hydrogen-bond donors (Lipinski definition) is 3. The fourth-order valence-electron chi connectivity index (χ4n) is 4.21. The fraction of sp³-hybridized carbons (Fsp3) is 0.0357. The molecule has 0 radical (unpaired) electrons. The van der Waals surface area contributed by atoms with Crippen LogP contribution in [0.3, 0.4) is 0 Å². The number of thiocarbonyl (C=S) groups is 1. The molecule has 3 aromatic carbocycles. The lowest BCUT2D eigenvalue weighted by atomic mass is 10.1. The minimum absolute atomic E-state index is 0.0153. The average Bonchev–Trinajstić information content (AvgIpc) is 3.25. The number of aromatic carboxylic acids is 1. The number of nitrogens with one attached hydrogen (secondary N) is 2. The molecule has 0 spiro atoms. The number of carbonyl (C=O) groups excluding carboxylic acids is 3. The van der Waals surface area contributed by atoms with Crippen LogP contribution < -0.4 is 15.5 Å². The van der Waals surface area contributed by atoms with Crippen LogP contribution in [-0.2, 0) is 20.9 Å². The maximum Gasteiger partial charge on any atom is 0.335 e. The van der Waals surface area contributed by atoms with Crippen LogP contribution in [0.4, 0.5) is 11.4 Å². The maximum absolute atomic E-state index is 13.4. The largest absolute Gasteiger partial charge is 0.478 e. The van der Waals surface area contributed by atoms with Crippen molar-refractivity contribution in [2.24, 2.45) is 0 Å². The molecule has 0 bridgehead atoms. The Morgan fingerprint density at radius 1 is 1.00 bits per heavy atom. The first kappa shape index (κ1) is 25.8. The quantitative estimate of drug-likeness (QED) is 0.182. The van der Waals surface area contributed by atoms with Crippen LogP contribution in [0, 0.1) is 0 Å². The Kier molecular flexibility index (Phi) is 6.97. The van der Waals surface area contributed by atoms with E-state index in [1.54, 1.807) is 35.0 Å². The van der Waals surface area contributed by atoms with E-state index in [-0.39, 0.29) is 28.7 Å². The highest BCUT2D eigenvalue weighted by atomic mass is 35.5. The summed E-state index contributed by atoms with van der Waals surface area (Å²) >= 11 is 11.1. The third-order valence-corrected chi connectivity index (χ3v) is 6.57. The molecule has 194 valence electrons. The number of nitrogens with zero attached hydrogens (tertiary/aromatic N) is 2. The summed E-state index contributed by atoms with van der Waals surface area (Å²) in [6.07, 6.45) is 3.15. The van der Waals surface area contributed by atoms with E-state index in [9.17, 15) is 19.2 Å². The number of halogens is 1. The highest BCUT2D eigenvalue weighted by Crippen LogP contribution is 2.27. The smallest absolute Gasteiger partial charge is 0.335 e. The Bertz CT molecular complexity index is 1690. The number of anilines is 2. The number of carboxylic acids is 1. The minimum atomic E-state index is -1.11. The molecular formula is C28H19ClN4O5S. The number of amides is 3. The first-order valence-electron chi connectivity index (χ1n) is 11.6. The SMILES string of the molecule is O=C(Cn1cc(C=C2C(=O)NC(=S)N(c3ccc(C(=O)O)cc3)C2=O)c2ccccc21)Nc1ccc(Cl)cc1. The summed E-state index contributed by atoms with van der Waals surface area (Å²) in [4.78, 5) is 51.3. The molecule has 11 heteroatoms. The molecule has 39 heavy (non-hydrogen) atoms. The number of para-hydroxylation sites is 1. The van der Waals surface area contributed by atoms with Crippen molar-refractivity contribution in [3.05, 3.63) is 101 Å². The summed E-state index contributed by atoms with van der Waals surface area (Å²) < 4.78 is 1.73. The molecule has 1 saturated heterocycles. The van der Waals surface area contributed by atoms with Gasteiger partial charge in [0.1, 0.15) is 12.1 Å². The van der Waals surface area contributed by atoms with E-state index in [0.29, 0.717) is 22.0 Å². The van der Waals surface area contributed by atoms with Crippen LogP contribution in [-0.4, -0.2) is 38.5 Å². The van der Waals surface area contributed by atoms with Gasteiger partial charge < -0.3 is 15.0 Å². The Balaban J connectivity index is 1.46. The van der Waals surface area contributed by atoms with Crippen molar-refractivity contribution in [3.63, 3.8) is 0 Å². The first-order chi connectivity index (χ1) is 18.7. The number of fused-ring (bicyclic) bond motifs is 1. The van der Waals surface area contributed by atoms with Gasteiger partial charge in [0, 0.05) is 33.4 Å². The average molecular weight is 559 g/mol. The molecular weight excluding hydrogens is 540 g/mol. The van der Waals surface area contributed by atoms with E-state index in [1.165, 1.54) is 30.3 Å². The van der Waals surface area contributed by atoms with Gasteiger partial charge in [-0.25, -0.2) is 4.79 Å². The van der Waals surface area contributed by atoms with Gasteiger partial charge in [0.25, 0.3) is 11.8 Å². The van der Waals surface area contributed by atoms with Crippen molar-refractivity contribution in [2.45, 2.75) is 6.54 Å². The van der Waals surface area contributed by atoms with Crippen LogP contribution >= 0.6 is 23.8 Å². The van der Waals surface area contributed by atoms with Gasteiger partial charge in [-0.15, -0.1) is 0 Å².